The lowest BCUT2D eigenvalue weighted by atomic mass is 9.85. The van der Waals surface area contributed by atoms with Gasteiger partial charge in [0.1, 0.15) is 5.01 Å². The molecule has 1 fully saturated rings. The summed E-state index contributed by atoms with van der Waals surface area (Å²) in [7, 11) is 0. The van der Waals surface area contributed by atoms with Gasteiger partial charge in [-0.3, -0.25) is 5.32 Å². The molecule has 1 aliphatic carbocycles. The van der Waals surface area contributed by atoms with Crippen LogP contribution in [-0.2, 0) is 6.42 Å². The van der Waals surface area contributed by atoms with Gasteiger partial charge >= 0.3 is 6.03 Å². The highest BCUT2D eigenvalue weighted by Crippen LogP contribution is 2.24. The average Bonchev–Trinajstić information content (AvgIpc) is 2.87. The number of anilines is 1. The number of carbonyl (C=O) groups is 1. The molecule has 112 valence electrons. The summed E-state index contributed by atoms with van der Waals surface area (Å²) in [6, 6.07) is -0.202. The maximum Gasteiger partial charge on any atom is 0.321 e. The molecule has 20 heavy (non-hydrogen) atoms. The lowest BCUT2D eigenvalue weighted by Gasteiger charge is -2.30. The number of hydrogen-bond donors (Lipinski definition) is 3. The predicted molar refractivity (Wildman–Crippen MR) is 78.9 cm³/mol. The number of hydrogen-bond acceptors (Lipinski definition) is 5. The quantitative estimate of drug-likeness (QED) is 0.777. The molecule has 2 unspecified atom stereocenters. The van der Waals surface area contributed by atoms with Gasteiger partial charge in [0.25, 0.3) is 0 Å². The Hall–Kier alpha value is -1.21. The van der Waals surface area contributed by atoms with Crippen LogP contribution in [0.5, 0.6) is 0 Å². The molecule has 1 aliphatic rings. The molecule has 0 spiro atoms. The molecule has 2 atom stereocenters. The van der Waals surface area contributed by atoms with Crippen LogP contribution in [0.2, 0.25) is 0 Å². The molecule has 1 aromatic rings. The maximum absolute atomic E-state index is 11.9. The number of aliphatic hydroxyl groups excluding tert-OH is 1. The molecule has 0 bridgehead atoms. The van der Waals surface area contributed by atoms with E-state index in [4.69, 9.17) is 0 Å². The lowest BCUT2D eigenvalue weighted by molar-refractivity contribution is 0.156. The molecule has 1 heterocycles. The van der Waals surface area contributed by atoms with Crippen LogP contribution in [0.15, 0.2) is 0 Å². The number of nitrogens with one attached hydrogen (secondary N) is 2. The van der Waals surface area contributed by atoms with Gasteiger partial charge in [-0.05, 0) is 19.3 Å². The van der Waals surface area contributed by atoms with E-state index < -0.39 is 0 Å². The van der Waals surface area contributed by atoms with Crippen molar-refractivity contribution >= 4 is 22.5 Å². The normalized spacial score (nSPS) is 22.5. The van der Waals surface area contributed by atoms with Gasteiger partial charge in [0.05, 0.1) is 0 Å². The van der Waals surface area contributed by atoms with Gasteiger partial charge in [0.15, 0.2) is 0 Å². The van der Waals surface area contributed by atoms with Gasteiger partial charge in [0, 0.05) is 25.0 Å². The van der Waals surface area contributed by atoms with Gasteiger partial charge < -0.3 is 10.4 Å². The van der Waals surface area contributed by atoms with E-state index in [0.717, 1.165) is 43.5 Å². The summed E-state index contributed by atoms with van der Waals surface area (Å²) >= 11 is 1.41. The minimum atomic E-state index is -0.255. The van der Waals surface area contributed by atoms with Gasteiger partial charge in [0.2, 0.25) is 5.13 Å². The molecule has 1 aromatic heterocycles. The van der Waals surface area contributed by atoms with Crippen LogP contribution in [0.25, 0.3) is 0 Å². The second kappa shape index (κ2) is 7.54. The van der Waals surface area contributed by atoms with E-state index in [2.05, 4.69) is 27.8 Å². The van der Waals surface area contributed by atoms with Crippen LogP contribution < -0.4 is 10.6 Å². The first-order valence-corrected chi connectivity index (χ1v) is 8.05. The molecule has 0 aromatic carbocycles. The second-order valence-electron chi connectivity index (χ2n) is 5.18. The summed E-state index contributed by atoms with van der Waals surface area (Å²) in [5.74, 6) is 0.166. The SMILES string of the molecule is CCCc1nnc(NC(=O)NC2CCCCC2CO)s1. The topological polar surface area (TPSA) is 87.1 Å². The maximum atomic E-state index is 11.9. The minimum Gasteiger partial charge on any atom is -0.396 e. The Morgan fingerprint density at radius 1 is 1.40 bits per heavy atom. The summed E-state index contributed by atoms with van der Waals surface area (Å²) in [5.41, 5.74) is 0. The van der Waals surface area contributed by atoms with Crippen molar-refractivity contribution < 1.29 is 9.90 Å². The van der Waals surface area contributed by atoms with E-state index >= 15 is 0 Å². The Morgan fingerprint density at radius 2 is 2.20 bits per heavy atom. The van der Waals surface area contributed by atoms with E-state index in [0.29, 0.717) is 5.13 Å². The number of amides is 2. The van der Waals surface area contributed by atoms with E-state index in [1.54, 1.807) is 0 Å². The molecule has 3 N–H and O–H groups in total. The van der Waals surface area contributed by atoms with Crippen LogP contribution in [0.1, 0.15) is 44.0 Å². The number of aryl methyl sites for hydroxylation is 1. The van der Waals surface area contributed by atoms with Gasteiger partial charge in [-0.1, -0.05) is 31.1 Å². The lowest BCUT2D eigenvalue weighted by Crippen LogP contribution is -2.45. The number of aromatic nitrogens is 2. The highest BCUT2D eigenvalue weighted by atomic mass is 32.1. The Kier molecular flexibility index (Phi) is 5.72. The third kappa shape index (κ3) is 4.14. The Bertz CT molecular complexity index is 438. The summed E-state index contributed by atoms with van der Waals surface area (Å²) in [5, 5.41) is 24.4. The molecular formula is C13H22N4O2S. The molecule has 7 heteroatoms. The number of urea groups is 1. The first-order chi connectivity index (χ1) is 9.72. The Morgan fingerprint density at radius 3 is 2.95 bits per heavy atom. The van der Waals surface area contributed by atoms with Crippen LogP contribution >= 0.6 is 11.3 Å². The monoisotopic (exact) mass is 298 g/mol. The van der Waals surface area contributed by atoms with Crippen molar-refractivity contribution in [1.82, 2.24) is 15.5 Å². The number of nitrogens with zero attached hydrogens (tertiary/aromatic N) is 2. The number of rotatable bonds is 5. The third-order valence-corrected chi connectivity index (χ3v) is 4.51. The fourth-order valence-corrected chi connectivity index (χ4v) is 3.37. The summed E-state index contributed by atoms with van der Waals surface area (Å²) in [6.45, 7) is 2.21. The zero-order valence-corrected chi connectivity index (χ0v) is 12.6. The van der Waals surface area contributed by atoms with Crippen molar-refractivity contribution in [2.24, 2.45) is 5.92 Å². The minimum absolute atomic E-state index is 0.0526. The number of carbonyl (C=O) groups excluding carboxylic acids is 1. The highest BCUT2D eigenvalue weighted by molar-refractivity contribution is 7.15. The predicted octanol–water partition coefficient (Wildman–Crippen LogP) is 2.16. The fraction of sp³-hybridized carbons (Fsp3) is 0.769. The zero-order valence-electron chi connectivity index (χ0n) is 11.8. The number of aliphatic hydroxyl groups is 1. The van der Waals surface area contributed by atoms with Crippen molar-refractivity contribution in [2.75, 3.05) is 11.9 Å². The van der Waals surface area contributed by atoms with Crippen molar-refractivity contribution in [3.8, 4) is 0 Å². The first kappa shape index (κ1) is 15.2. The van der Waals surface area contributed by atoms with Crippen molar-refractivity contribution in [3.63, 3.8) is 0 Å². The summed E-state index contributed by atoms with van der Waals surface area (Å²) < 4.78 is 0. The van der Waals surface area contributed by atoms with E-state index in [1.807, 2.05) is 0 Å². The molecular weight excluding hydrogens is 276 g/mol. The van der Waals surface area contributed by atoms with Crippen LogP contribution in [0.4, 0.5) is 9.93 Å². The molecule has 0 radical (unpaired) electrons. The molecule has 0 saturated heterocycles. The van der Waals surface area contributed by atoms with Crippen molar-refractivity contribution in [2.45, 2.75) is 51.5 Å². The van der Waals surface area contributed by atoms with Gasteiger partial charge in [-0.15, -0.1) is 10.2 Å². The van der Waals surface area contributed by atoms with Crippen molar-refractivity contribution in [1.29, 1.82) is 0 Å². The molecule has 0 aliphatic heterocycles. The summed E-state index contributed by atoms with van der Waals surface area (Å²) in [6.07, 6.45) is 6.02. The Labute approximate surface area is 123 Å². The highest BCUT2D eigenvalue weighted by Gasteiger charge is 2.26. The smallest absolute Gasteiger partial charge is 0.321 e. The first-order valence-electron chi connectivity index (χ1n) is 7.23. The molecule has 2 rings (SSSR count). The fourth-order valence-electron chi connectivity index (χ4n) is 2.54. The standard InChI is InChI=1S/C13H22N4O2S/c1-2-5-11-16-17-13(20-11)15-12(19)14-10-7-4-3-6-9(10)8-18/h9-10,18H,2-8H2,1H3,(H2,14,15,17,19). The van der Waals surface area contributed by atoms with Gasteiger partial charge in [-0.25, -0.2) is 4.79 Å². The van der Waals surface area contributed by atoms with Crippen LogP contribution in [0.3, 0.4) is 0 Å². The summed E-state index contributed by atoms with van der Waals surface area (Å²) in [4.78, 5) is 11.9. The van der Waals surface area contributed by atoms with E-state index in [9.17, 15) is 9.90 Å². The van der Waals surface area contributed by atoms with Crippen LogP contribution in [0, 0.1) is 5.92 Å². The molecule has 6 nitrogen and oxygen atoms in total. The third-order valence-electron chi connectivity index (χ3n) is 3.61. The van der Waals surface area contributed by atoms with Crippen LogP contribution in [-0.4, -0.2) is 34.0 Å². The van der Waals surface area contributed by atoms with E-state index in [-0.39, 0.29) is 24.6 Å². The zero-order chi connectivity index (χ0) is 14.4. The second-order valence-corrected chi connectivity index (χ2v) is 6.25. The van der Waals surface area contributed by atoms with Gasteiger partial charge in [-0.2, -0.15) is 0 Å². The van der Waals surface area contributed by atoms with E-state index in [1.165, 1.54) is 11.3 Å². The molecule has 2 amide bonds. The Balaban J connectivity index is 1.84. The van der Waals surface area contributed by atoms with Crippen molar-refractivity contribution in [3.05, 3.63) is 5.01 Å². The largest absolute Gasteiger partial charge is 0.396 e. The average molecular weight is 298 g/mol. The molecule has 1 saturated carbocycles.